The van der Waals surface area contributed by atoms with Gasteiger partial charge in [0.2, 0.25) is 5.88 Å². The summed E-state index contributed by atoms with van der Waals surface area (Å²) in [6, 6.07) is 9.63. The second-order valence-corrected chi connectivity index (χ2v) is 6.82. The van der Waals surface area contributed by atoms with E-state index >= 15 is 0 Å². The van der Waals surface area contributed by atoms with Crippen molar-refractivity contribution in [1.82, 2.24) is 4.98 Å². The molecule has 1 N–H and O–H groups in total. The smallest absolute Gasteiger partial charge is 0.216 e. The van der Waals surface area contributed by atoms with E-state index < -0.39 is 15.9 Å². The topological polar surface area (TPSA) is 76.5 Å². The van der Waals surface area contributed by atoms with Crippen LogP contribution in [0.15, 0.2) is 41.3 Å². The molecule has 0 bridgehead atoms. The number of aliphatic hydroxyl groups is 1. The van der Waals surface area contributed by atoms with E-state index in [-0.39, 0.29) is 4.90 Å². The van der Waals surface area contributed by atoms with E-state index in [4.69, 9.17) is 4.74 Å². The van der Waals surface area contributed by atoms with Crippen molar-refractivity contribution in [3.05, 3.63) is 53.2 Å². The van der Waals surface area contributed by atoms with E-state index in [9.17, 15) is 13.5 Å². The highest BCUT2D eigenvalue weighted by Crippen LogP contribution is 2.24. The zero-order valence-electron chi connectivity index (χ0n) is 12.1. The average molecular weight is 307 g/mol. The van der Waals surface area contributed by atoms with Gasteiger partial charge >= 0.3 is 0 Å². The number of hydrogen-bond acceptors (Lipinski definition) is 5. The average Bonchev–Trinajstić information content (AvgIpc) is 2.46. The van der Waals surface area contributed by atoms with Gasteiger partial charge in [0.05, 0.1) is 17.7 Å². The molecule has 21 heavy (non-hydrogen) atoms. The summed E-state index contributed by atoms with van der Waals surface area (Å²) < 4.78 is 28.0. The van der Waals surface area contributed by atoms with Crippen molar-refractivity contribution in [1.29, 1.82) is 0 Å². The molecule has 1 atom stereocenters. The number of sulfone groups is 1. The van der Waals surface area contributed by atoms with Crippen LogP contribution in [0.3, 0.4) is 0 Å². The van der Waals surface area contributed by atoms with Gasteiger partial charge in [-0.3, -0.25) is 0 Å². The van der Waals surface area contributed by atoms with Gasteiger partial charge in [-0.2, -0.15) is 0 Å². The fourth-order valence-electron chi connectivity index (χ4n) is 1.95. The Balaban J connectivity index is 2.34. The fraction of sp³-hybridized carbons (Fsp3) is 0.267. The quantitative estimate of drug-likeness (QED) is 0.933. The van der Waals surface area contributed by atoms with Gasteiger partial charge in [-0.25, -0.2) is 13.4 Å². The van der Waals surface area contributed by atoms with Gasteiger partial charge in [-0.1, -0.05) is 18.2 Å². The predicted octanol–water partition coefficient (Wildman–Crippen LogP) is 1.88. The van der Waals surface area contributed by atoms with E-state index in [0.717, 1.165) is 11.8 Å². The SMILES string of the molecule is COc1nc(C(O)c2ccc(S(C)(=O)=O)cc2)ccc1C. The largest absolute Gasteiger partial charge is 0.481 e. The van der Waals surface area contributed by atoms with Gasteiger partial charge in [0.15, 0.2) is 9.84 Å². The summed E-state index contributed by atoms with van der Waals surface area (Å²) in [7, 11) is -1.72. The maximum Gasteiger partial charge on any atom is 0.216 e. The number of ether oxygens (including phenoxy) is 1. The summed E-state index contributed by atoms with van der Waals surface area (Å²) in [5.74, 6) is 0.458. The van der Waals surface area contributed by atoms with Gasteiger partial charge in [0.25, 0.3) is 0 Å². The maximum absolute atomic E-state index is 11.4. The van der Waals surface area contributed by atoms with Crippen LogP contribution in [-0.4, -0.2) is 31.9 Å². The van der Waals surface area contributed by atoms with E-state index in [2.05, 4.69) is 4.98 Å². The van der Waals surface area contributed by atoms with Crippen molar-refractivity contribution in [3.63, 3.8) is 0 Å². The molecule has 0 aliphatic rings. The molecule has 0 aliphatic heterocycles. The van der Waals surface area contributed by atoms with Crippen LogP contribution in [0.4, 0.5) is 0 Å². The highest BCUT2D eigenvalue weighted by atomic mass is 32.2. The van der Waals surface area contributed by atoms with Crippen LogP contribution in [0, 0.1) is 6.92 Å². The lowest BCUT2D eigenvalue weighted by Gasteiger charge is -2.13. The molecule has 1 aromatic heterocycles. The summed E-state index contributed by atoms with van der Waals surface area (Å²) in [6.07, 6.45) is 0.207. The third-order valence-electron chi connectivity index (χ3n) is 3.17. The normalized spacial score (nSPS) is 13.0. The Hall–Kier alpha value is -1.92. The van der Waals surface area contributed by atoms with E-state index in [1.165, 1.54) is 19.2 Å². The van der Waals surface area contributed by atoms with Crippen LogP contribution in [0.5, 0.6) is 5.88 Å². The molecule has 1 aromatic carbocycles. The predicted molar refractivity (Wildman–Crippen MR) is 79.1 cm³/mol. The van der Waals surface area contributed by atoms with Gasteiger partial charge in [0, 0.05) is 11.8 Å². The van der Waals surface area contributed by atoms with Crippen LogP contribution < -0.4 is 4.74 Å². The number of aliphatic hydroxyl groups excluding tert-OH is 1. The minimum absolute atomic E-state index is 0.216. The van der Waals surface area contributed by atoms with E-state index in [0.29, 0.717) is 17.1 Å². The van der Waals surface area contributed by atoms with Crippen LogP contribution in [0.1, 0.15) is 22.9 Å². The molecule has 1 unspecified atom stereocenters. The Labute approximate surface area is 124 Å². The number of aromatic nitrogens is 1. The molecule has 2 rings (SSSR count). The Morgan fingerprint density at radius 1 is 1.14 bits per heavy atom. The summed E-state index contributed by atoms with van der Waals surface area (Å²) in [4.78, 5) is 4.46. The third kappa shape index (κ3) is 3.40. The number of hydrogen-bond donors (Lipinski definition) is 1. The Morgan fingerprint density at radius 3 is 2.29 bits per heavy atom. The highest BCUT2D eigenvalue weighted by molar-refractivity contribution is 7.90. The lowest BCUT2D eigenvalue weighted by atomic mass is 10.1. The maximum atomic E-state index is 11.4. The Bertz CT molecular complexity index is 739. The molecule has 0 amide bonds. The lowest BCUT2D eigenvalue weighted by Crippen LogP contribution is -2.05. The summed E-state index contributed by atoms with van der Waals surface area (Å²) in [6.45, 7) is 1.86. The summed E-state index contributed by atoms with van der Waals surface area (Å²) in [5, 5.41) is 10.3. The monoisotopic (exact) mass is 307 g/mol. The number of benzene rings is 1. The molecular formula is C15H17NO4S. The number of aryl methyl sites for hydroxylation is 1. The van der Waals surface area contributed by atoms with Crippen molar-refractivity contribution in [2.45, 2.75) is 17.9 Å². The van der Waals surface area contributed by atoms with Crippen LogP contribution in [0.2, 0.25) is 0 Å². The lowest BCUT2D eigenvalue weighted by molar-refractivity contribution is 0.213. The molecule has 0 saturated heterocycles. The zero-order chi connectivity index (χ0) is 15.6. The van der Waals surface area contributed by atoms with Crippen molar-refractivity contribution >= 4 is 9.84 Å². The first kappa shape index (κ1) is 15.5. The second kappa shape index (κ2) is 5.83. The molecule has 112 valence electrons. The Morgan fingerprint density at radius 2 is 1.76 bits per heavy atom. The second-order valence-electron chi connectivity index (χ2n) is 4.81. The molecule has 0 fully saturated rings. The van der Waals surface area contributed by atoms with E-state index in [1.807, 2.05) is 13.0 Å². The minimum Gasteiger partial charge on any atom is -0.481 e. The molecule has 0 aliphatic carbocycles. The van der Waals surface area contributed by atoms with Gasteiger partial charge in [0.1, 0.15) is 6.10 Å². The molecule has 0 radical (unpaired) electrons. The first-order valence-electron chi connectivity index (χ1n) is 6.32. The molecular weight excluding hydrogens is 290 g/mol. The number of rotatable bonds is 4. The molecule has 0 spiro atoms. The van der Waals surface area contributed by atoms with Crippen LogP contribution in [0.25, 0.3) is 0 Å². The summed E-state index contributed by atoms with van der Waals surface area (Å²) in [5.41, 5.74) is 1.89. The number of methoxy groups -OCH3 is 1. The van der Waals surface area contributed by atoms with Crippen molar-refractivity contribution in [3.8, 4) is 5.88 Å². The number of pyridine rings is 1. The van der Waals surface area contributed by atoms with Crippen molar-refractivity contribution < 1.29 is 18.3 Å². The fourth-order valence-corrected chi connectivity index (χ4v) is 2.58. The Kier molecular flexibility index (Phi) is 4.29. The van der Waals surface area contributed by atoms with Crippen molar-refractivity contribution in [2.24, 2.45) is 0 Å². The first-order valence-corrected chi connectivity index (χ1v) is 8.21. The zero-order valence-corrected chi connectivity index (χ0v) is 12.9. The number of nitrogens with zero attached hydrogens (tertiary/aromatic N) is 1. The van der Waals surface area contributed by atoms with Crippen molar-refractivity contribution in [2.75, 3.05) is 13.4 Å². The molecule has 0 saturated carbocycles. The summed E-state index contributed by atoms with van der Waals surface area (Å²) >= 11 is 0. The van der Waals surface area contributed by atoms with Crippen LogP contribution in [-0.2, 0) is 9.84 Å². The molecule has 1 heterocycles. The highest BCUT2D eigenvalue weighted by Gasteiger charge is 2.15. The third-order valence-corrected chi connectivity index (χ3v) is 4.30. The minimum atomic E-state index is -3.24. The first-order chi connectivity index (χ1) is 9.82. The van der Waals surface area contributed by atoms with Crippen LogP contribution >= 0.6 is 0 Å². The van der Waals surface area contributed by atoms with E-state index in [1.54, 1.807) is 18.2 Å². The van der Waals surface area contributed by atoms with Gasteiger partial charge in [-0.15, -0.1) is 0 Å². The molecule has 6 heteroatoms. The standard InChI is InChI=1S/C15H17NO4S/c1-10-4-9-13(16-15(10)20-2)14(17)11-5-7-12(8-6-11)21(3,18)19/h4-9,14,17H,1-3H3. The van der Waals surface area contributed by atoms with Gasteiger partial charge in [-0.05, 0) is 30.7 Å². The molecule has 2 aromatic rings. The van der Waals surface area contributed by atoms with Gasteiger partial charge < -0.3 is 9.84 Å². The molecule has 5 nitrogen and oxygen atoms in total.